The first kappa shape index (κ1) is 16.1. The Morgan fingerprint density at radius 1 is 1.39 bits per heavy atom. The Kier molecular flexibility index (Phi) is 5.08. The molecule has 1 fully saturated rings. The van der Waals surface area contributed by atoms with E-state index in [9.17, 15) is 4.79 Å². The fourth-order valence-corrected chi connectivity index (χ4v) is 3.53. The minimum atomic E-state index is -0.00361. The van der Waals surface area contributed by atoms with E-state index in [0.717, 1.165) is 29.1 Å². The highest BCUT2D eigenvalue weighted by atomic mass is 32.1. The number of nitrogens with zero attached hydrogens (tertiary/aromatic N) is 1. The first-order valence-electron chi connectivity index (χ1n) is 8.07. The number of rotatable bonds is 7. The lowest BCUT2D eigenvalue weighted by Gasteiger charge is -2.16. The Hall–Kier alpha value is -1.72. The van der Waals surface area contributed by atoms with Crippen LogP contribution in [0.4, 0.5) is 0 Å². The molecule has 0 aliphatic heterocycles. The number of thiazole rings is 1. The lowest BCUT2D eigenvalue weighted by atomic mass is 10.1. The van der Waals surface area contributed by atoms with Gasteiger partial charge in [0.05, 0.1) is 12.1 Å². The van der Waals surface area contributed by atoms with Crippen LogP contribution in [0.2, 0.25) is 0 Å². The standard InChI is InChI=1S/C18H22N2O2S/c1-12-2-4-14(5-3-12)18-19-15(11-23-18)10-17(22)20-16(8-9-21)13-6-7-13/h2-5,11,13,16,21H,6-10H2,1H3,(H,20,22). The van der Waals surface area contributed by atoms with E-state index in [0.29, 0.717) is 18.8 Å². The molecule has 0 bridgehead atoms. The van der Waals surface area contributed by atoms with Crippen LogP contribution in [0.25, 0.3) is 10.6 Å². The Bertz CT molecular complexity index is 662. The van der Waals surface area contributed by atoms with Crippen molar-refractivity contribution in [3.05, 3.63) is 40.9 Å². The van der Waals surface area contributed by atoms with Crippen molar-refractivity contribution in [3.8, 4) is 10.6 Å². The summed E-state index contributed by atoms with van der Waals surface area (Å²) in [7, 11) is 0. The zero-order valence-electron chi connectivity index (χ0n) is 13.3. The van der Waals surface area contributed by atoms with Gasteiger partial charge >= 0.3 is 0 Å². The van der Waals surface area contributed by atoms with Crippen molar-refractivity contribution in [1.29, 1.82) is 0 Å². The number of carbonyl (C=O) groups is 1. The molecule has 23 heavy (non-hydrogen) atoms. The number of aliphatic hydroxyl groups is 1. The maximum absolute atomic E-state index is 12.2. The number of nitrogens with one attached hydrogen (secondary N) is 1. The normalized spacial score (nSPS) is 15.4. The molecule has 1 aromatic heterocycles. The van der Waals surface area contributed by atoms with Crippen molar-refractivity contribution in [1.82, 2.24) is 10.3 Å². The van der Waals surface area contributed by atoms with Crippen LogP contribution in [0.15, 0.2) is 29.6 Å². The lowest BCUT2D eigenvalue weighted by Crippen LogP contribution is -2.38. The average Bonchev–Trinajstić information content (AvgIpc) is 3.28. The summed E-state index contributed by atoms with van der Waals surface area (Å²) >= 11 is 1.57. The molecule has 1 amide bonds. The van der Waals surface area contributed by atoms with Gasteiger partial charge in [0.1, 0.15) is 5.01 Å². The second-order valence-corrected chi connectivity index (χ2v) is 7.07. The van der Waals surface area contributed by atoms with Crippen LogP contribution in [0.3, 0.4) is 0 Å². The van der Waals surface area contributed by atoms with Crippen molar-refractivity contribution >= 4 is 17.2 Å². The quantitative estimate of drug-likeness (QED) is 0.820. The number of hydrogen-bond acceptors (Lipinski definition) is 4. The number of benzene rings is 1. The number of hydrogen-bond donors (Lipinski definition) is 2. The topological polar surface area (TPSA) is 62.2 Å². The summed E-state index contributed by atoms with van der Waals surface area (Å²) in [5.41, 5.74) is 3.12. The van der Waals surface area contributed by atoms with Gasteiger partial charge in [0.15, 0.2) is 0 Å². The third kappa shape index (κ3) is 4.39. The Morgan fingerprint density at radius 3 is 2.78 bits per heavy atom. The molecular formula is C18H22N2O2S. The van der Waals surface area contributed by atoms with Gasteiger partial charge in [0.25, 0.3) is 0 Å². The summed E-state index contributed by atoms with van der Waals surface area (Å²) in [4.78, 5) is 16.8. The maximum atomic E-state index is 12.2. The highest BCUT2D eigenvalue weighted by Crippen LogP contribution is 2.34. The smallest absolute Gasteiger partial charge is 0.226 e. The molecule has 1 atom stereocenters. The highest BCUT2D eigenvalue weighted by Gasteiger charge is 2.31. The van der Waals surface area contributed by atoms with Crippen molar-refractivity contribution in [2.45, 2.75) is 38.6 Å². The lowest BCUT2D eigenvalue weighted by molar-refractivity contribution is -0.121. The molecule has 1 saturated carbocycles. The minimum absolute atomic E-state index is 0.00361. The van der Waals surface area contributed by atoms with Crippen molar-refractivity contribution in [2.24, 2.45) is 5.92 Å². The molecule has 2 N–H and O–H groups in total. The summed E-state index contributed by atoms with van der Waals surface area (Å²) in [5.74, 6) is 0.542. The van der Waals surface area contributed by atoms with Crippen LogP contribution in [-0.4, -0.2) is 28.6 Å². The number of aliphatic hydroxyl groups excluding tert-OH is 1. The van der Waals surface area contributed by atoms with E-state index in [1.807, 2.05) is 5.38 Å². The van der Waals surface area contributed by atoms with Crippen LogP contribution in [0.1, 0.15) is 30.5 Å². The van der Waals surface area contributed by atoms with Gasteiger partial charge in [-0.05, 0) is 32.1 Å². The van der Waals surface area contributed by atoms with Gasteiger partial charge in [-0.15, -0.1) is 11.3 Å². The van der Waals surface area contributed by atoms with Crippen LogP contribution in [-0.2, 0) is 11.2 Å². The number of aryl methyl sites for hydroxylation is 1. The molecule has 0 radical (unpaired) electrons. The monoisotopic (exact) mass is 330 g/mol. The molecular weight excluding hydrogens is 308 g/mol. The largest absolute Gasteiger partial charge is 0.396 e. The fraction of sp³-hybridized carbons (Fsp3) is 0.444. The predicted octanol–water partition coefficient (Wildman–Crippen LogP) is 2.94. The number of aromatic nitrogens is 1. The molecule has 5 heteroatoms. The van der Waals surface area contributed by atoms with E-state index >= 15 is 0 Å². The Morgan fingerprint density at radius 2 is 2.13 bits per heavy atom. The molecule has 2 aromatic rings. The van der Waals surface area contributed by atoms with E-state index in [2.05, 4.69) is 41.5 Å². The Balaban J connectivity index is 1.59. The van der Waals surface area contributed by atoms with Gasteiger partial charge in [0, 0.05) is 23.6 Å². The molecule has 122 valence electrons. The third-order valence-corrected chi connectivity index (χ3v) is 5.11. The third-order valence-electron chi connectivity index (χ3n) is 4.17. The molecule has 1 unspecified atom stereocenters. The summed E-state index contributed by atoms with van der Waals surface area (Å²) in [6.45, 7) is 2.18. The Labute approximate surface area is 140 Å². The van der Waals surface area contributed by atoms with Gasteiger partial charge in [-0.2, -0.15) is 0 Å². The molecule has 1 aromatic carbocycles. The molecule has 4 nitrogen and oxygen atoms in total. The van der Waals surface area contributed by atoms with Gasteiger partial charge in [-0.3, -0.25) is 4.79 Å². The maximum Gasteiger partial charge on any atom is 0.226 e. The van der Waals surface area contributed by atoms with E-state index < -0.39 is 0 Å². The van der Waals surface area contributed by atoms with Crippen LogP contribution in [0.5, 0.6) is 0 Å². The summed E-state index contributed by atoms with van der Waals surface area (Å²) < 4.78 is 0. The molecule has 3 rings (SSSR count). The zero-order valence-corrected chi connectivity index (χ0v) is 14.1. The molecule has 1 aliphatic carbocycles. The van der Waals surface area contributed by atoms with Crippen LogP contribution in [0, 0.1) is 12.8 Å². The summed E-state index contributed by atoms with van der Waals surface area (Å²) in [6, 6.07) is 8.36. The minimum Gasteiger partial charge on any atom is -0.396 e. The summed E-state index contributed by atoms with van der Waals surface area (Å²) in [5, 5.41) is 15.1. The SMILES string of the molecule is Cc1ccc(-c2nc(CC(=O)NC(CCO)C3CC3)cs2)cc1. The number of amides is 1. The van der Waals surface area contributed by atoms with Gasteiger partial charge in [-0.25, -0.2) is 4.98 Å². The van der Waals surface area contributed by atoms with Crippen molar-refractivity contribution in [2.75, 3.05) is 6.61 Å². The first-order valence-corrected chi connectivity index (χ1v) is 8.95. The van der Waals surface area contributed by atoms with Gasteiger partial charge in [-0.1, -0.05) is 29.8 Å². The van der Waals surface area contributed by atoms with Crippen LogP contribution < -0.4 is 5.32 Å². The van der Waals surface area contributed by atoms with Crippen molar-refractivity contribution in [3.63, 3.8) is 0 Å². The molecule has 0 spiro atoms. The van der Waals surface area contributed by atoms with E-state index in [-0.39, 0.29) is 18.6 Å². The zero-order chi connectivity index (χ0) is 16.2. The second kappa shape index (κ2) is 7.23. The molecule has 1 heterocycles. The molecule has 0 saturated heterocycles. The average molecular weight is 330 g/mol. The predicted molar refractivity (Wildman–Crippen MR) is 92.3 cm³/mol. The van der Waals surface area contributed by atoms with E-state index in [4.69, 9.17) is 5.11 Å². The summed E-state index contributed by atoms with van der Waals surface area (Å²) in [6.07, 6.45) is 3.25. The number of carbonyl (C=O) groups excluding carboxylic acids is 1. The van der Waals surface area contributed by atoms with Gasteiger partial charge < -0.3 is 10.4 Å². The second-order valence-electron chi connectivity index (χ2n) is 6.21. The van der Waals surface area contributed by atoms with E-state index in [1.165, 1.54) is 5.56 Å². The van der Waals surface area contributed by atoms with E-state index in [1.54, 1.807) is 11.3 Å². The fourth-order valence-electron chi connectivity index (χ4n) is 2.70. The molecule has 1 aliphatic rings. The van der Waals surface area contributed by atoms with Crippen molar-refractivity contribution < 1.29 is 9.90 Å². The van der Waals surface area contributed by atoms with Crippen LogP contribution >= 0.6 is 11.3 Å². The highest BCUT2D eigenvalue weighted by molar-refractivity contribution is 7.13. The first-order chi connectivity index (χ1) is 11.2. The van der Waals surface area contributed by atoms with Gasteiger partial charge in [0.2, 0.25) is 5.91 Å².